The van der Waals surface area contributed by atoms with Gasteiger partial charge in [0, 0.05) is 0 Å². The van der Waals surface area contributed by atoms with E-state index in [4.69, 9.17) is 0 Å². The van der Waals surface area contributed by atoms with E-state index in [-0.39, 0.29) is 0 Å². The Hall–Kier alpha value is -0.120. The third-order valence-electron chi connectivity index (χ3n) is 0.667. The van der Waals surface area contributed by atoms with Crippen LogP contribution in [0, 0.1) is 0 Å². The van der Waals surface area contributed by atoms with Gasteiger partial charge in [-0.25, -0.2) is 5.90 Å². The van der Waals surface area contributed by atoms with Crippen LogP contribution in [-0.4, -0.2) is 19.7 Å². The number of rotatable bonds is 3. The predicted molar refractivity (Wildman–Crippen MR) is 40.0 cm³/mol. The van der Waals surface area contributed by atoms with Gasteiger partial charge in [0.15, 0.2) is 0 Å². The quantitative estimate of drug-likeness (QED) is 0.553. The molecule has 0 atom stereocenters. The normalized spacial score (nSPS) is 8.00. The Balaban J connectivity index is 0. The fourth-order valence-corrected chi connectivity index (χ4v) is 0.250. The van der Waals surface area contributed by atoms with Crippen LogP contribution in [0.5, 0.6) is 0 Å². The lowest BCUT2D eigenvalue weighted by atomic mass is 10.7. The fraction of sp³-hybridized carbons (Fsp3) is 1.00. The predicted octanol–water partition coefficient (Wildman–Crippen LogP) is 0.512. The first-order valence-electron chi connectivity index (χ1n) is 3.35. The summed E-state index contributed by atoms with van der Waals surface area (Å²) in [5, 5.41) is 3.11. The average molecular weight is 134 g/mol. The second-order valence-electron chi connectivity index (χ2n) is 1.41. The maximum atomic E-state index is 4.53. The van der Waals surface area contributed by atoms with E-state index in [1.807, 2.05) is 6.92 Å². The van der Waals surface area contributed by atoms with Crippen molar-refractivity contribution in [2.24, 2.45) is 5.90 Å². The molecule has 0 rings (SSSR count). The van der Waals surface area contributed by atoms with Crippen molar-refractivity contribution in [2.45, 2.75) is 20.8 Å². The zero-order chi connectivity index (χ0) is 7.54. The van der Waals surface area contributed by atoms with Crippen LogP contribution in [-0.2, 0) is 4.84 Å². The minimum absolute atomic E-state index is 0.597. The summed E-state index contributed by atoms with van der Waals surface area (Å²) in [6.45, 7) is 8.82. The third kappa shape index (κ3) is 32.8. The smallest absolute Gasteiger partial charge is 0.0651 e. The SMILES string of the molecule is CCNCC.CCON. The van der Waals surface area contributed by atoms with Crippen LogP contribution in [0.15, 0.2) is 0 Å². The molecule has 0 amide bonds. The molecule has 0 fully saturated rings. The standard InChI is InChI=1S/C4H11N.C2H7NO/c1-3-5-4-2;1-2-4-3/h5H,3-4H2,1-2H3;2-3H2,1H3. The van der Waals surface area contributed by atoms with Crippen molar-refractivity contribution >= 4 is 0 Å². The van der Waals surface area contributed by atoms with E-state index in [2.05, 4.69) is 29.9 Å². The molecule has 0 aliphatic heterocycles. The highest BCUT2D eigenvalue weighted by molar-refractivity contribution is 4.27. The molecule has 0 radical (unpaired) electrons. The molecule has 0 aromatic rings. The van der Waals surface area contributed by atoms with Crippen molar-refractivity contribution in [3.8, 4) is 0 Å². The van der Waals surface area contributed by atoms with E-state index in [0.29, 0.717) is 6.61 Å². The molecular weight excluding hydrogens is 116 g/mol. The van der Waals surface area contributed by atoms with Crippen molar-refractivity contribution < 1.29 is 4.84 Å². The van der Waals surface area contributed by atoms with E-state index >= 15 is 0 Å². The van der Waals surface area contributed by atoms with Gasteiger partial charge in [-0.15, -0.1) is 0 Å². The summed E-state index contributed by atoms with van der Waals surface area (Å²) in [5.74, 6) is 4.53. The van der Waals surface area contributed by atoms with Crippen LogP contribution >= 0.6 is 0 Å². The summed E-state index contributed by atoms with van der Waals surface area (Å²) in [6.07, 6.45) is 0. The molecule has 0 aromatic carbocycles. The van der Waals surface area contributed by atoms with Gasteiger partial charge < -0.3 is 10.2 Å². The Morgan fingerprint density at radius 2 is 1.56 bits per heavy atom. The van der Waals surface area contributed by atoms with Crippen LogP contribution in [0.4, 0.5) is 0 Å². The maximum Gasteiger partial charge on any atom is 0.0651 e. The lowest BCUT2D eigenvalue weighted by molar-refractivity contribution is 0.152. The van der Waals surface area contributed by atoms with Crippen molar-refractivity contribution in [3.63, 3.8) is 0 Å². The topological polar surface area (TPSA) is 47.3 Å². The second kappa shape index (κ2) is 15.7. The molecular formula is C6H18N2O. The van der Waals surface area contributed by atoms with Crippen molar-refractivity contribution in [1.29, 1.82) is 0 Å². The van der Waals surface area contributed by atoms with Crippen molar-refractivity contribution in [1.82, 2.24) is 5.32 Å². The Bertz CT molecular complexity index is 30.2. The third-order valence-corrected chi connectivity index (χ3v) is 0.667. The van der Waals surface area contributed by atoms with E-state index in [9.17, 15) is 0 Å². The molecule has 0 saturated carbocycles. The molecule has 0 saturated heterocycles. The molecule has 0 spiro atoms. The molecule has 0 aromatic heterocycles. The van der Waals surface area contributed by atoms with Crippen LogP contribution in [0.2, 0.25) is 0 Å². The van der Waals surface area contributed by atoms with Gasteiger partial charge in [-0.05, 0) is 20.0 Å². The van der Waals surface area contributed by atoms with Crippen molar-refractivity contribution in [2.75, 3.05) is 19.7 Å². The van der Waals surface area contributed by atoms with Crippen LogP contribution in [0.3, 0.4) is 0 Å². The zero-order valence-electron chi connectivity index (χ0n) is 6.61. The van der Waals surface area contributed by atoms with Gasteiger partial charge in [0.1, 0.15) is 0 Å². The van der Waals surface area contributed by atoms with Gasteiger partial charge in [0.25, 0.3) is 0 Å². The first-order valence-corrected chi connectivity index (χ1v) is 3.35. The van der Waals surface area contributed by atoms with Crippen molar-refractivity contribution in [3.05, 3.63) is 0 Å². The van der Waals surface area contributed by atoms with E-state index in [0.717, 1.165) is 13.1 Å². The summed E-state index contributed by atoms with van der Waals surface area (Å²) in [4.78, 5) is 4.04. The molecule has 9 heavy (non-hydrogen) atoms. The summed E-state index contributed by atoms with van der Waals surface area (Å²) in [7, 11) is 0. The molecule has 3 nitrogen and oxygen atoms in total. The van der Waals surface area contributed by atoms with E-state index < -0.39 is 0 Å². The molecule has 58 valence electrons. The number of nitrogens with two attached hydrogens (primary N) is 1. The summed E-state index contributed by atoms with van der Waals surface area (Å²) >= 11 is 0. The van der Waals surface area contributed by atoms with Gasteiger partial charge in [0.2, 0.25) is 0 Å². The lowest BCUT2D eigenvalue weighted by Gasteiger charge is -1.86. The van der Waals surface area contributed by atoms with Gasteiger partial charge in [-0.2, -0.15) is 0 Å². The van der Waals surface area contributed by atoms with E-state index in [1.165, 1.54) is 0 Å². The van der Waals surface area contributed by atoms with E-state index in [1.54, 1.807) is 0 Å². The number of nitrogens with one attached hydrogen (secondary N) is 1. The molecule has 0 unspecified atom stereocenters. The average Bonchev–Trinajstić information content (AvgIpc) is 1.91. The summed E-state index contributed by atoms with van der Waals surface area (Å²) in [6, 6.07) is 0. The first-order chi connectivity index (χ1) is 4.33. The Kier molecular flexibility index (Phi) is 20.3. The Morgan fingerprint density at radius 3 is 1.56 bits per heavy atom. The maximum absolute atomic E-state index is 4.53. The first kappa shape index (κ1) is 11.6. The second-order valence-corrected chi connectivity index (χ2v) is 1.41. The summed E-state index contributed by atoms with van der Waals surface area (Å²) in [5.41, 5.74) is 0. The molecule has 3 heteroatoms. The van der Waals surface area contributed by atoms with Crippen LogP contribution in [0.1, 0.15) is 20.8 Å². The molecule has 0 aliphatic carbocycles. The molecule has 3 N–H and O–H groups in total. The summed E-state index contributed by atoms with van der Waals surface area (Å²) < 4.78 is 0. The van der Waals surface area contributed by atoms with Gasteiger partial charge >= 0.3 is 0 Å². The Morgan fingerprint density at radius 1 is 1.22 bits per heavy atom. The van der Waals surface area contributed by atoms with Gasteiger partial charge in [-0.1, -0.05) is 13.8 Å². The largest absolute Gasteiger partial charge is 0.317 e. The van der Waals surface area contributed by atoms with Gasteiger partial charge in [0.05, 0.1) is 6.61 Å². The van der Waals surface area contributed by atoms with Gasteiger partial charge in [-0.3, -0.25) is 0 Å². The highest BCUT2D eigenvalue weighted by atomic mass is 16.6. The minimum Gasteiger partial charge on any atom is -0.317 e. The number of hydrogen-bond donors (Lipinski definition) is 2. The molecule has 0 aliphatic rings. The highest BCUT2D eigenvalue weighted by Gasteiger charge is 1.62. The highest BCUT2D eigenvalue weighted by Crippen LogP contribution is 1.47. The minimum atomic E-state index is 0.597. The fourth-order valence-electron chi connectivity index (χ4n) is 0.250. The Labute approximate surface area is 57.5 Å². The lowest BCUT2D eigenvalue weighted by Crippen LogP contribution is -2.09. The molecule has 0 bridgehead atoms. The van der Waals surface area contributed by atoms with Crippen LogP contribution < -0.4 is 11.2 Å². The van der Waals surface area contributed by atoms with Crippen LogP contribution in [0.25, 0.3) is 0 Å². The zero-order valence-corrected chi connectivity index (χ0v) is 6.61. The molecule has 0 heterocycles. The monoisotopic (exact) mass is 134 g/mol. The number of hydrogen-bond acceptors (Lipinski definition) is 3.